The molecule has 2 aliphatic heterocycles. The topological polar surface area (TPSA) is 64.6 Å². The molecule has 3 fully saturated rings. The molecule has 0 amide bonds. The van der Waals surface area contributed by atoms with E-state index in [1.165, 1.54) is 12.8 Å². The van der Waals surface area contributed by atoms with Crippen molar-refractivity contribution in [3.05, 3.63) is 71.8 Å². The molecule has 5 heteroatoms. The molecule has 0 radical (unpaired) electrons. The zero-order valence-corrected chi connectivity index (χ0v) is 19.2. The lowest BCUT2D eigenvalue weighted by Gasteiger charge is -2.47. The first-order chi connectivity index (χ1) is 16.2. The molecule has 7 atom stereocenters. The second kappa shape index (κ2) is 9.68. The second-order valence-corrected chi connectivity index (χ2v) is 9.79. The molecule has 2 aromatic carbocycles. The summed E-state index contributed by atoms with van der Waals surface area (Å²) in [4.78, 5) is 26.1. The minimum atomic E-state index is -0.436. The van der Waals surface area contributed by atoms with E-state index in [1.54, 1.807) is 24.3 Å². The normalized spacial score (nSPS) is 32.2. The van der Waals surface area contributed by atoms with E-state index in [0.29, 0.717) is 35.0 Å². The summed E-state index contributed by atoms with van der Waals surface area (Å²) in [7, 11) is 0. The van der Waals surface area contributed by atoms with Gasteiger partial charge in [-0.05, 0) is 61.8 Å². The number of rotatable bonds is 7. The number of hydrogen-bond acceptors (Lipinski definition) is 5. The molecule has 1 saturated carbocycles. The maximum absolute atomic E-state index is 13.1. The lowest BCUT2D eigenvalue weighted by atomic mass is 9.62. The third kappa shape index (κ3) is 4.43. The molecule has 0 aromatic heterocycles. The molecule has 5 nitrogen and oxygen atoms in total. The van der Waals surface area contributed by atoms with Crippen LogP contribution in [0.3, 0.4) is 0 Å². The predicted molar refractivity (Wildman–Crippen MR) is 126 cm³/mol. The van der Waals surface area contributed by atoms with Crippen molar-refractivity contribution in [2.75, 3.05) is 0 Å². The van der Waals surface area contributed by atoms with Crippen LogP contribution in [0.2, 0.25) is 0 Å². The minimum absolute atomic E-state index is 0.188. The number of benzene rings is 2. The number of unbranched alkanes of at least 4 members (excludes halogenated alkanes) is 1. The summed E-state index contributed by atoms with van der Waals surface area (Å²) in [5.74, 6) is 0.441. The third-order valence-electron chi connectivity index (χ3n) is 7.89. The average molecular weight is 448 g/mol. The van der Waals surface area contributed by atoms with E-state index in [2.05, 4.69) is 12.2 Å². The van der Waals surface area contributed by atoms with Gasteiger partial charge in [0.05, 0.1) is 11.1 Å². The highest BCUT2D eigenvalue weighted by Gasteiger charge is 2.58. The monoisotopic (exact) mass is 447 g/mol. The highest BCUT2D eigenvalue weighted by atomic mass is 16.6. The maximum atomic E-state index is 13.1. The highest BCUT2D eigenvalue weighted by Crippen LogP contribution is 2.52. The molecule has 2 saturated heterocycles. The molecule has 1 N–H and O–H groups in total. The van der Waals surface area contributed by atoms with Crippen LogP contribution in [0.5, 0.6) is 0 Å². The number of esters is 2. The number of hydrogen-bond donors (Lipinski definition) is 1. The van der Waals surface area contributed by atoms with Gasteiger partial charge in [0, 0.05) is 18.0 Å². The molecule has 7 unspecified atom stereocenters. The Hall–Kier alpha value is -2.66. The summed E-state index contributed by atoms with van der Waals surface area (Å²) in [5, 5.41) is 3.81. The Labute approximate surface area is 195 Å². The van der Waals surface area contributed by atoms with Crippen LogP contribution in [0.25, 0.3) is 0 Å². The number of carbonyl (C=O) groups excluding carboxylic acids is 2. The first-order valence-electron chi connectivity index (χ1n) is 12.4. The molecule has 1 aliphatic carbocycles. The molecule has 2 bridgehead atoms. The van der Waals surface area contributed by atoms with Crippen molar-refractivity contribution in [1.82, 2.24) is 5.32 Å². The van der Waals surface area contributed by atoms with Crippen LogP contribution >= 0.6 is 0 Å². The fraction of sp³-hybridized carbons (Fsp3) is 0.500. The van der Waals surface area contributed by atoms with E-state index < -0.39 is 12.2 Å². The molecule has 2 aromatic rings. The van der Waals surface area contributed by atoms with Gasteiger partial charge in [0.15, 0.2) is 0 Å². The zero-order valence-electron chi connectivity index (χ0n) is 19.2. The van der Waals surface area contributed by atoms with Crippen LogP contribution in [0.1, 0.15) is 66.2 Å². The van der Waals surface area contributed by atoms with Crippen molar-refractivity contribution in [2.45, 2.75) is 69.7 Å². The molecule has 3 aliphatic rings. The van der Waals surface area contributed by atoms with Crippen molar-refractivity contribution in [2.24, 2.45) is 17.8 Å². The van der Waals surface area contributed by atoms with E-state index >= 15 is 0 Å². The van der Waals surface area contributed by atoms with Gasteiger partial charge in [-0.1, -0.05) is 56.2 Å². The lowest BCUT2D eigenvalue weighted by molar-refractivity contribution is -0.109. The van der Waals surface area contributed by atoms with Gasteiger partial charge in [-0.25, -0.2) is 9.59 Å². The van der Waals surface area contributed by atoms with Gasteiger partial charge in [0.1, 0.15) is 12.2 Å². The van der Waals surface area contributed by atoms with Crippen molar-refractivity contribution >= 4 is 11.9 Å². The van der Waals surface area contributed by atoms with Crippen molar-refractivity contribution in [1.29, 1.82) is 0 Å². The second-order valence-electron chi connectivity index (χ2n) is 9.79. The quantitative estimate of drug-likeness (QED) is 0.604. The standard InChI is InChI=1S/C28H33NO4/c1-2-3-14-20-25-21(22-15-16-23(25)29-22)17-24(32-27(30)18-10-6-4-7-11-18)26(20)33-28(31)19-12-8-5-9-13-19/h4-13,20-26,29H,2-3,14-17H2,1H3. The van der Waals surface area contributed by atoms with Gasteiger partial charge in [-0.2, -0.15) is 0 Å². The van der Waals surface area contributed by atoms with Crippen LogP contribution in [0, 0.1) is 17.8 Å². The number of carbonyl (C=O) groups is 2. The molecule has 2 heterocycles. The van der Waals surface area contributed by atoms with Gasteiger partial charge >= 0.3 is 11.9 Å². The van der Waals surface area contributed by atoms with E-state index in [0.717, 1.165) is 25.7 Å². The SMILES string of the molecule is CCCCC1C(OC(=O)c2ccccc2)C(OC(=O)c2ccccc2)CC2C3CCC(N3)C21. The Morgan fingerprint density at radius 1 is 0.879 bits per heavy atom. The van der Waals surface area contributed by atoms with Gasteiger partial charge in [-0.3, -0.25) is 0 Å². The summed E-state index contributed by atoms with van der Waals surface area (Å²) in [6.45, 7) is 2.19. The Bertz CT molecular complexity index is 962. The molecular weight excluding hydrogens is 414 g/mol. The molecule has 5 rings (SSSR count). The first-order valence-corrected chi connectivity index (χ1v) is 12.4. The zero-order chi connectivity index (χ0) is 22.8. The van der Waals surface area contributed by atoms with Crippen molar-refractivity contribution < 1.29 is 19.1 Å². The summed E-state index contributed by atoms with van der Waals surface area (Å²) in [6.07, 6.45) is 5.38. The fourth-order valence-electron chi connectivity index (χ4n) is 6.46. The van der Waals surface area contributed by atoms with Gasteiger partial charge < -0.3 is 14.8 Å². The minimum Gasteiger partial charge on any atom is -0.455 e. The highest BCUT2D eigenvalue weighted by molar-refractivity contribution is 5.90. The van der Waals surface area contributed by atoms with E-state index in [1.807, 2.05) is 36.4 Å². The predicted octanol–water partition coefficient (Wildman–Crippen LogP) is 5.01. The van der Waals surface area contributed by atoms with Crippen LogP contribution in [0.15, 0.2) is 60.7 Å². The van der Waals surface area contributed by atoms with Crippen molar-refractivity contribution in [3.63, 3.8) is 0 Å². The summed E-state index contributed by atoms with van der Waals surface area (Å²) in [6, 6.07) is 19.2. The number of nitrogens with one attached hydrogen (secondary N) is 1. The Morgan fingerprint density at radius 3 is 2.12 bits per heavy atom. The van der Waals surface area contributed by atoms with Crippen LogP contribution in [-0.2, 0) is 9.47 Å². The van der Waals surface area contributed by atoms with Crippen molar-refractivity contribution in [3.8, 4) is 0 Å². The maximum Gasteiger partial charge on any atom is 0.338 e. The summed E-state index contributed by atoms with van der Waals surface area (Å²) < 4.78 is 12.3. The van der Waals surface area contributed by atoms with Gasteiger partial charge in [0.25, 0.3) is 0 Å². The van der Waals surface area contributed by atoms with E-state index in [9.17, 15) is 9.59 Å². The van der Waals surface area contributed by atoms with Gasteiger partial charge in [0.2, 0.25) is 0 Å². The Kier molecular flexibility index (Phi) is 6.50. The van der Waals surface area contributed by atoms with Crippen LogP contribution in [-0.4, -0.2) is 36.2 Å². The number of ether oxygens (including phenoxy) is 2. The lowest BCUT2D eigenvalue weighted by Crippen LogP contribution is -2.53. The largest absolute Gasteiger partial charge is 0.455 e. The Balaban J connectivity index is 1.44. The van der Waals surface area contributed by atoms with Crippen LogP contribution < -0.4 is 5.32 Å². The summed E-state index contributed by atoms with van der Waals surface area (Å²) >= 11 is 0. The number of fused-ring (bicyclic) bond motifs is 5. The van der Waals surface area contributed by atoms with E-state index in [-0.39, 0.29) is 17.9 Å². The Morgan fingerprint density at radius 2 is 1.48 bits per heavy atom. The molecule has 174 valence electrons. The van der Waals surface area contributed by atoms with Crippen LogP contribution in [0.4, 0.5) is 0 Å². The van der Waals surface area contributed by atoms with Gasteiger partial charge in [-0.15, -0.1) is 0 Å². The molecular formula is C28H33NO4. The fourth-order valence-corrected chi connectivity index (χ4v) is 6.46. The third-order valence-corrected chi connectivity index (χ3v) is 7.89. The summed E-state index contributed by atoms with van der Waals surface area (Å²) in [5.41, 5.74) is 1.07. The molecule has 0 spiro atoms. The smallest absolute Gasteiger partial charge is 0.338 e. The average Bonchev–Trinajstić information content (AvgIpc) is 3.47. The first kappa shape index (κ1) is 22.1. The van der Waals surface area contributed by atoms with E-state index in [4.69, 9.17) is 9.47 Å². The molecule has 33 heavy (non-hydrogen) atoms.